The predicted octanol–water partition coefficient (Wildman–Crippen LogP) is 3.67. The normalized spacial score (nSPS) is 13.9. The Balaban J connectivity index is 1.62. The largest absolute Gasteiger partial charge is 0.405 e. The summed E-state index contributed by atoms with van der Waals surface area (Å²) in [6.07, 6.45) is -1.75. The van der Waals surface area contributed by atoms with Gasteiger partial charge in [0, 0.05) is 31.2 Å². The van der Waals surface area contributed by atoms with Crippen molar-refractivity contribution in [3.63, 3.8) is 0 Å². The molecule has 0 radical (unpaired) electrons. The highest BCUT2D eigenvalue weighted by molar-refractivity contribution is 5.88. The predicted molar refractivity (Wildman–Crippen MR) is 95.1 cm³/mol. The third kappa shape index (κ3) is 3.24. The third-order valence-corrected chi connectivity index (χ3v) is 4.34. The summed E-state index contributed by atoms with van der Waals surface area (Å²) in [6, 6.07) is 7.58. The first-order chi connectivity index (χ1) is 12.4. The maximum atomic E-state index is 12.5. The fourth-order valence-corrected chi connectivity index (χ4v) is 3.09. The van der Waals surface area contributed by atoms with Crippen LogP contribution in [-0.2, 0) is 6.42 Å². The van der Waals surface area contributed by atoms with E-state index in [9.17, 15) is 13.2 Å². The molecular weight excluding hydrogens is 345 g/mol. The Bertz CT molecular complexity index is 949. The fraction of sp³-hybridized carbons (Fsp3) is 0.294. The molecule has 0 bridgehead atoms. The first-order valence-corrected chi connectivity index (χ1v) is 8.16. The molecule has 0 amide bonds. The summed E-state index contributed by atoms with van der Waals surface area (Å²) in [7, 11) is 2.04. The second-order valence-corrected chi connectivity index (χ2v) is 6.24. The average Bonchev–Trinajstić information content (AvgIpc) is 3.19. The smallest absolute Gasteiger partial charge is 0.374 e. The lowest BCUT2D eigenvalue weighted by molar-refractivity contribution is -0.115. The number of hydrogen-bond donors (Lipinski definition) is 3. The van der Waals surface area contributed by atoms with Crippen LogP contribution in [0.5, 0.6) is 0 Å². The molecule has 0 aliphatic carbocycles. The van der Waals surface area contributed by atoms with Crippen LogP contribution in [0.4, 0.5) is 36.3 Å². The first-order valence-electron chi connectivity index (χ1n) is 8.16. The lowest BCUT2D eigenvalue weighted by Crippen LogP contribution is -2.22. The van der Waals surface area contributed by atoms with Crippen LogP contribution in [0.25, 0.3) is 11.0 Å². The number of likely N-dealkylation sites (N-methyl/N-ethyl adjacent to an activating group) is 1. The van der Waals surface area contributed by atoms with Crippen molar-refractivity contribution in [3.8, 4) is 0 Å². The molecular formula is C17H17F3N6. The van der Waals surface area contributed by atoms with E-state index in [0.717, 1.165) is 18.7 Å². The van der Waals surface area contributed by atoms with Crippen molar-refractivity contribution in [2.75, 3.05) is 35.7 Å². The molecule has 0 spiro atoms. The Kier molecular flexibility index (Phi) is 3.86. The van der Waals surface area contributed by atoms with Gasteiger partial charge in [0.1, 0.15) is 18.0 Å². The molecule has 3 heterocycles. The van der Waals surface area contributed by atoms with Crippen LogP contribution in [0.1, 0.15) is 5.56 Å². The van der Waals surface area contributed by atoms with Crippen molar-refractivity contribution in [3.05, 3.63) is 36.0 Å². The molecule has 3 aromatic rings. The van der Waals surface area contributed by atoms with Crippen LogP contribution in [0.3, 0.4) is 0 Å². The number of aromatic nitrogens is 3. The Morgan fingerprint density at radius 2 is 2.08 bits per heavy atom. The molecule has 0 atom stereocenters. The molecule has 136 valence electrons. The molecule has 2 aromatic heterocycles. The third-order valence-electron chi connectivity index (χ3n) is 4.34. The summed E-state index contributed by atoms with van der Waals surface area (Å²) in [4.78, 5) is 13.6. The summed E-state index contributed by atoms with van der Waals surface area (Å²) >= 11 is 0. The minimum Gasteiger partial charge on any atom is -0.374 e. The highest BCUT2D eigenvalue weighted by Gasteiger charge is 2.27. The molecule has 26 heavy (non-hydrogen) atoms. The number of alkyl halides is 3. The second kappa shape index (κ2) is 6.08. The number of anilines is 4. The van der Waals surface area contributed by atoms with Gasteiger partial charge in [0.2, 0.25) is 5.95 Å². The van der Waals surface area contributed by atoms with Crippen LogP contribution in [-0.4, -0.2) is 41.3 Å². The summed E-state index contributed by atoms with van der Waals surface area (Å²) in [5, 5.41) is 5.94. The number of hydrogen-bond acceptors (Lipinski definition) is 5. The Labute approximate surface area is 147 Å². The molecule has 1 aliphatic rings. The number of aromatic amines is 1. The van der Waals surface area contributed by atoms with Crippen LogP contribution in [0, 0.1) is 0 Å². The lowest BCUT2D eigenvalue weighted by Gasteiger charge is -2.13. The Morgan fingerprint density at radius 1 is 1.23 bits per heavy atom. The highest BCUT2D eigenvalue weighted by atomic mass is 19.4. The summed E-state index contributed by atoms with van der Waals surface area (Å²) in [6.45, 7) is -0.190. The number of fused-ring (bicyclic) bond motifs is 2. The molecule has 3 N–H and O–H groups in total. The van der Waals surface area contributed by atoms with Gasteiger partial charge in [0.15, 0.2) is 0 Å². The molecule has 6 nitrogen and oxygen atoms in total. The molecule has 1 aliphatic heterocycles. The van der Waals surface area contributed by atoms with Gasteiger partial charge in [0.05, 0.1) is 5.39 Å². The quantitative estimate of drug-likeness (QED) is 0.661. The maximum absolute atomic E-state index is 12.5. The summed E-state index contributed by atoms with van der Waals surface area (Å²) < 4.78 is 37.6. The molecule has 4 rings (SSSR count). The molecule has 1 aromatic carbocycles. The van der Waals surface area contributed by atoms with E-state index in [-0.39, 0.29) is 11.8 Å². The number of halogens is 3. The summed E-state index contributed by atoms with van der Waals surface area (Å²) in [5.74, 6) is 0.368. The van der Waals surface area contributed by atoms with Crippen LogP contribution in [0.15, 0.2) is 30.5 Å². The first kappa shape index (κ1) is 16.5. The molecule has 0 saturated heterocycles. The van der Waals surface area contributed by atoms with Crippen molar-refractivity contribution < 1.29 is 13.2 Å². The number of benzene rings is 1. The van der Waals surface area contributed by atoms with Gasteiger partial charge in [-0.3, -0.25) is 0 Å². The van der Waals surface area contributed by atoms with Gasteiger partial charge < -0.3 is 20.5 Å². The zero-order valence-electron chi connectivity index (χ0n) is 14.0. The lowest BCUT2D eigenvalue weighted by atomic mass is 10.1. The van der Waals surface area contributed by atoms with Crippen molar-refractivity contribution in [2.24, 2.45) is 0 Å². The van der Waals surface area contributed by atoms with Gasteiger partial charge in [-0.15, -0.1) is 0 Å². The maximum Gasteiger partial charge on any atom is 0.405 e. The van der Waals surface area contributed by atoms with E-state index in [1.54, 1.807) is 12.3 Å². The number of nitrogens with one attached hydrogen (secondary N) is 3. The van der Waals surface area contributed by atoms with Crippen LogP contribution < -0.4 is 15.5 Å². The zero-order chi connectivity index (χ0) is 18.3. The molecule has 0 unspecified atom stereocenters. The van der Waals surface area contributed by atoms with E-state index >= 15 is 0 Å². The number of rotatable bonds is 4. The SMILES string of the molecule is CN1CCc2cc(Nc3nc(NCC(F)(F)F)c4cc[nH]c4n3)ccc21. The van der Waals surface area contributed by atoms with Crippen LogP contribution in [0.2, 0.25) is 0 Å². The molecule has 0 saturated carbocycles. The number of nitrogens with zero attached hydrogens (tertiary/aromatic N) is 3. The van der Waals surface area contributed by atoms with Gasteiger partial charge in [-0.05, 0) is 36.2 Å². The van der Waals surface area contributed by atoms with Crippen molar-refractivity contribution in [2.45, 2.75) is 12.6 Å². The molecule has 0 fully saturated rings. The average molecular weight is 362 g/mol. The van der Waals surface area contributed by atoms with Gasteiger partial charge >= 0.3 is 6.18 Å². The number of H-pyrrole nitrogens is 1. The minimum atomic E-state index is -4.33. The van der Waals surface area contributed by atoms with E-state index in [1.807, 2.05) is 25.2 Å². The van der Waals surface area contributed by atoms with E-state index in [1.165, 1.54) is 11.3 Å². The van der Waals surface area contributed by atoms with E-state index in [4.69, 9.17) is 0 Å². The van der Waals surface area contributed by atoms with Crippen molar-refractivity contribution in [1.82, 2.24) is 15.0 Å². The minimum absolute atomic E-state index is 0.136. The van der Waals surface area contributed by atoms with Gasteiger partial charge in [-0.2, -0.15) is 23.1 Å². The van der Waals surface area contributed by atoms with Crippen molar-refractivity contribution in [1.29, 1.82) is 0 Å². The fourth-order valence-electron chi connectivity index (χ4n) is 3.09. The Morgan fingerprint density at radius 3 is 2.88 bits per heavy atom. The van der Waals surface area contributed by atoms with Gasteiger partial charge in [-0.1, -0.05) is 0 Å². The van der Waals surface area contributed by atoms with Gasteiger partial charge in [-0.25, -0.2) is 0 Å². The van der Waals surface area contributed by atoms with Crippen molar-refractivity contribution >= 4 is 34.2 Å². The second-order valence-electron chi connectivity index (χ2n) is 6.24. The Hall–Kier alpha value is -2.97. The van der Waals surface area contributed by atoms with E-state index in [2.05, 4.69) is 30.5 Å². The summed E-state index contributed by atoms with van der Waals surface area (Å²) in [5.41, 5.74) is 3.66. The topological polar surface area (TPSA) is 68.9 Å². The standard InChI is InChI=1S/C17H17F3N6/c1-26-7-5-10-8-11(2-3-13(10)26)23-16-24-14-12(4-6-21-14)15(25-16)22-9-17(18,19)20/h2-4,6,8H,5,7,9H2,1H3,(H3,21,22,23,24,25). The van der Waals surface area contributed by atoms with E-state index < -0.39 is 12.7 Å². The highest BCUT2D eigenvalue weighted by Crippen LogP contribution is 2.30. The monoisotopic (exact) mass is 362 g/mol. The van der Waals surface area contributed by atoms with Crippen LogP contribution >= 0.6 is 0 Å². The molecule has 9 heteroatoms. The van der Waals surface area contributed by atoms with E-state index in [0.29, 0.717) is 11.0 Å². The zero-order valence-corrected chi connectivity index (χ0v) is 14.0. The van der Waals surface area contributed by atoms with Gasteiger partial charge in [0.25, 0.3) is 0 Å².